The summed E-state index contributed by atoms with van der Waals surface area (Å²) in [5.74, 6) is -0.287. The van der Waals surface area contributed by atoms with Gasteiger partial charge in [-0.2, -0.15) is 0 Å². The average molecular weight is 216 g/mol. The van der Waals surface area contributed by atoms with Crippen LogP contribution in [0.3, 0.4) is 0 Å². The van der Waals surface area contributed by atoms with Gasteiger partial charge in [-0.3, -0.25) is 4.79 Å². The number of ether oxygens (including phenoxy) is 1. The summed E-state index contributed by atoms with van der Waals surface area (Å²) in [6.07, 6.45) is 0.766. The summed E-state index contributed by atoms with van der Waals surface area (Å²) in [5.41, 5.74) is 0. The van der Waals surface area contributed by atoms with Crippen molar-refractivity contribution in [3.63, 3.8) is 0 Å². The number of carbonyl (C=O) groups excluding carboxylic acids is 2. The molecule has 0 aliphatic carbocycles. The van der Waals surface area contributed by atoms with E-state index >= 15 is 0 Å². The topological polar surface area (TPSA) is 67.4 Å². The molecule has 0 unspecified atom stereocenters. The molecule has 0 saturated heterocycles. The lowest BCUT2D eigenvalue weighted by Gasteiger charge is -2.09. The highest BCUT2D eigenvalue weighted by Gasteiger charge is 2.11. The molecule has 0 radical (unpaired) electrons. The third-order valence-electron chi connectivity index (χ3n) is 1.98. The fourth-order valence-electron chi connectivity index (χ4n) is 0.848. The van der Waals surface area contributed by atoms with Gasteiger partial charge in [-0.05, 0) is 13.3 Å². The molecule has 88 valence electrons. The van der Waals surface area contributed by atoms with Crippen molar-refractivity contribution in [2.75, 3.05) is 19.7 Å². The van der Waals surface area contributed by atoms with Gasteiger partial charge in [0.1, 0.15) is 6.61 Å². The Morgan fingerprint density at radius 2 is 1.93 bits per heavy atom. The summed E-state index contributed by atoms with van der Waals surface area (Å²) in [6, 6.07) is -0.239. The molecule has 0 heterocycles. The molecule has 1 atom stereocenters. The number of carbonyl (C=O) groups is 2. The molecule has 0 aromatic carbocycles. The normalized spacial score (nSPS) is 11.7. The van der Waals surface area contributed by atoms with Gasteiger partial charge >= 0.3 is 12.0 Å². The highest BCUT2D eigenvalue weighted by Crippen LogP contribution is 2.02. The van der Waals surface area contributed by atoms with E-state index in [1.54, 1.807) is 0 Å². The van der Waals surface area contributed by atoms with Crippen molar-refractivity contribution in [2.24, 2.45) is 5.92 Å². The average Bonchev–Trinajstić information content (AvgIpc) is 2.23. The molecule has 0 rings (SSSR count). The lowest BCUT2D eigenvalue weighted by atomic mass is 10.1. The first-order valence-corrected chi connectivity index (χ1v) is 5.30. The summed E-state index contributed by atoms with van der Waals surface area (Å²) < 4.78 is 4.94. The Morgan fingerprint density at radius 3 is 2.47 bits per heavy atom. The summed E-state index contributed by atoms with van der Waals surface area (Å²) in [7, 11) is 0. The Balaban J connectivity index is 3.46. The van der Waals surface area contributed by atoms with E-state index < -0.39 is 0 Å². The summed E-state index contributed by atoms with van der Waals surface area (Å²) >= 11 is 0. The number of hydrogen-bond acceptors (Lipinski definition) is 3. The van der Waals surface area contributed by atoms with Crippen LogP contribution < -0.4 is 10.6 Å². The molecule has 0 spiro atoms. The highest BCUT2D eigenvalue weighted by molar-refractivity contribution is 5.74. The monoisotopic (exact) mass is 216 g/mol. The van der Waals surface area contributed by atoms with Gasteiger partial charge in [-0.15, -0.1) is 0 Å². The number of amides is 2. The highest BCUT2D eigenvalue weighted by atomic mass is 16.5. The first kappa shape index (κ1) is 13.7. The van der Waals surface area contributed by atoms with E-state index in [1.807, 2.05) is 20.8 Å². The molecule has 5 nitrogen and oxygen atoms in total. The lowest BCUT2D eigenvalue weighted by Crippen LogP contribution is -2.37. The van der Waals surface area contributed by atoms with Crippen LogP contribution >= 0.6 is 0 Å². The molecule has 0 fully saturated rings. The lowest BCUT2D eigenvalue weighted by molar-refractivity contribution is -0.147. The molecule has 0 aromatic heterocycles. The van der Waals surface area contributed by atoms with Crippen molar-refractivity contribution in [1.82, 2.24) is 10.6 Å². The molecular weight excluding hydrogens is 196 g/mol. The van der Waals surface area contributed by atoms with Gasteiger partial charge < -0.3 is 15.4 Å². The van der Waals surface area contributed by atoms with Crippen LogP contribution in [0.1, 0.15) is 27.2 Å². The second-order valence-corrected chi connectivity index (χ2v) is 3.26. The van der Waals surface area contributed by atoms with Crippen LogP contribution in [0.15, 0.2) is 0 Å². The molecule has 15 heavy (non-hydrogen) atoms. The standard InChI is InChI=1S/C10H20N2O3/c1-4-8(3)9(13)15-7-6-12-10(14)11-5-2/h8H,4-7H2,1-3H3,(H2,11,12,14)/t8-/m1/s1. The van der Waals surface area contributed by atoms with Crippen LogP contribution in [0, 0.1) is 5.92 Å². The smallest absolute Gasteiger partial charge is 0.314 e. The van der Waals surface area contributed by atoms with Gasteiger partial charge in [0.2, 0.25) is 0 Å². The zero-order chi connectivity index (χ0) is 11.7. The number of urea groups is 1. The van der Waals surface area contributed by atoms with Crippen LogP contribution in [0.25, 0.3) is 0 Å². The summed E-state index contributed by atoms with van der Waals surface area (Å²) in [5, 5.41) is 5.15. The maximum atomic E-state index is 11.2. The Bertz CT molecular complexity index is 207. The SMILES string of the molecule is CCNC(=O)NCCOC(=O)[C@H](C)CC. The molecule has 2 amide bonds. The molecule has 0 aromatic rings. The van der Waals surface area contributed by atoms with Crippen LogP contribution in [0.4, 0.5) is 4.79 Å². The van der Waals surface area contributed by atoms with Crippen molar-refractivity contribution in [3.05, 3.63) is 0 Å². The van der Waals surface area contributed by atoms with Crippen LogP contribution in [0.5, 0.6) is 0 Å². The summed E-state index contributed by atoms with van der Waals surface area (Å²) in [4.78, 5) is 22.1. The third kappa shape index (κ3) is 6.76. The maximum absolute atomic E-state index is 11.2. The molecular formula is C10H20N2O3. The van der Waals surface area contributed by atoms with Crippen molar-refractivity contribution in [2.45, 2.75) is 27.2 Å². The second-order valence-electron chi connectivity index (χ2n) is 3.26. The van der Waals surface area contributed by atoms with Crippen LogP contribution in [0.2, 0.25) is 0 Å². The number of nitrogens with one attached hydrogen (secondary N) is 2. The summed E-state index contributed by atoms with van der Waals surface area (Å²) in [6.45, 7) is 6.73. The number of rotatable bonds is 6. The van der Waals surface area contributed by atoms with E-state index in [-0.39, 0.29) is 24.5 Å². The van der Waals surface area contributed by atoms with Crippen molar-refractivity contribution < 1.29 is 14.3 Å². The predicted octanol–water partition coefficient (Wildman–Crippen LogP) is 0.895. The molecule has 2 N–H and O–H groups in total. The van der Waals surface area contributed by atoms with E-state index in [4.69, 9.17) is 4.74 Å². The minimum absolute atomic E-state index is 0.0746. The third-order valence-corrected chi connectivity index (χ3v) is 1.98. The zero-order valence-corrected chi connectivity index (χ0v) is 9.63. The largest absolute Gasteiger partial charge is 0.464 e. The van der Waals surface area contributed by atoms with Crippen molar-refractivity contribution in [1.29, 1.82) is 0 Å². The Labute approximate surface area is 90.6 Å². The van der Waals surface area contributed by atoms with E-state index in [0.717, 1.165) is 6.42 Å². The van der Waals surface area contributed by atoms with Crippen molar-refractivity contribution >= 4 is 12.0 Å². The van der Waals surface area contributed by atoms with Gasteiger partial charge in [0.15, 0.2) is 0 Å². The van der Waals surface area contributed by atoms with Gasteiger partial charge in [0.05, 0.1) is 12.5 Å². The molecule has 5 heteroatoms. The van der Waals surface area contributed by atoms with Gasteiger partial charge in [-0.1, -0.05) is 13.8 Å². The molecule has 0 aliphatic heterocycles. The van der Waals surface area contributed by atoms with E-state index in [0.29, 0.717) is 13.1 Å². The van der Waals surface area contributed by atoms with E-state index in [1.165, 1.54) is 0 Å². The van der Waals surface area contributed by atoms with Crippen LogP contribution in [-0.4, -0.2) is 31.7 Å². The van der Waals surface area contributed by atoms with E-state index in [2.05, 4.69) is 10.6 Å². The zero-order valence-electron chi connectivity index (χ0n) is 9.63. The van der Waals surface area contributed by atoms with Gasteiger partial charge in [-0.25, -0.2) is 4.79 Å². The fraction of sp³-hybridized carbons (Fsp3) is 0.800. The first-order valence-electron chi connectivity index (χ1n) is 5.30. The quantitative estimate of drug-likeness (QED) is 0.512. The molecule has 0 bridgehead atoms. The Hall–Kier alpha value is -1.26. The number of esters is 1. The van der Waals surface area contributed by atoms with Crippen LogP contribution in [-0.2, 0) is 9.53 Å². The molecule has 0 saturated carbocycles. The minimum atomic E-state index is -0.239. The first-order chi connectivity index (χ1) is 7.11. The Kier molecular flexibility index (Phi) is 7.40. The molecule has 0 aliphatic rings. The predicted molar refractivity (Wildman–Crippen MR) is 57.5 cm³/mol. The van der Waals surface area contributed by atoms with Crippen molar-refractivity contribution in [3.8, 4) is 0 Å². The number of hydrogen-bond donors (Lipinski definition) is 2. The second kappa shape index (κ2) is 8.08. The Morgan fingerprint density at radius 1 is 1.27 bits per heavy atom. The van der Waals surface area contributed by atoms with Gasteiger partial charge in [0.25, 0.3) is 0 Å². The van der Waals surface area contributed by atoms with E-state index in [9.17, 15) is 9.59 Å². The maximum Gasteiger partial charge on any atom is 0.314 e. The fourth-order valence-corrected chi connectivity index (χ4v) is 0.848. The minimum Gasteiger partial charge on any atom is -0.464 e. The van der Waals surface area contributed by atoms with Gasteiger partial charge in [0, 0.05) is 6.54 Å².